The summed E-state index contributed by atoms with van der Waals surface area (Å²) in [7, 11) is 0. The maximum atomic E-state index is 4.86. The van der Waals surface area contributed by atoms with Crippen molar-refractivity contribution in [2.24, 2.45) is 5.92 Å². The lowest BCUT2D eigenvalue weighted by Gasteiger charge is -2.44. The molecule has 4 rings (SSSR count). The normalized spacial score (nSPS) is 23.4. The van der Waals surface area contributed by atoms with Crippen LogP contribution in [0.15, 0.2) is 30.5 Å². The van der Waals surface area contributed by atoms with Crippen molar-refractivity contribution in [2.75, 3.05) is 23.3 Å². The number of pyridine rings is 2. The number of hydrogen-bond acceptors (Lipinski definition) is 4. The number of piperidine rings is 1. The van der Waals surface area contributed by atoms with E-state index in [1.807, 2.05) is 19.2 Å². The molecule has 1 N–H and O–H groups in total. The van der Waals surface area contributed by atoms with Gasteiger partial charge in [-0.05, 0) is 43.5 Å². The Morgan fingerprint density at radius 1 is 1.29 bits per heavy atom. The zero-order chi connectivity index (χ0) is 14.4. The van der Waals surface area contributed by atoms with Gasteiger partial charge in [-0.25, -0.2) is 4.98 Å². The van der Waals surface area contributed by atoms with E-state index in [1.165, 1.54) is 12.1 Å². The van der Waals surface area contributed by atoms with E-state index in [-0.39, 0.29) is 0 Å². The Kier molecular flexibility index (Phi) is 2.84. The fraction of sp³-hybridized carbons (Fsp3) is 0.412. The van der Waals surface area contributed by atoms with Crippen LogP contribution in [0.5, 0.6) is 0 Å². The molecular formula is C17H20N4. The molecule has 1 saturated heterocycles. The summed E-state index contributed by atoms with van der Waals surface area (Å²) >= 11 is 0. The highest BCUT2D eigenvalue weighted by atomic mass is 15.2. The van der Waals surface area contributed by atoms with Crippen LogP contribution >= 0.6 is 0 Å². The molecule has 0 amide bonds. The van der Waals surface area contributed by atoms with Gasteiger partial charge in [0.2, 0.25) is 0 Å². The molecule has 21 heavy (non-hydrogen) atoms. The molecule has 0 radical (unpaired) electrons. The second-order valence-corrected chi connectivity index (χ2v) is 6.21. The van der Waals surface area contributed by atoms with Gasteiger partial charge in [0.15, 0.2) is 5.82 Å². The topological polar surface area (TPSA) is 41.1 Å². The van der Waals surface area contributed by atoms with Crippen LogP contribution in [0.4, 0.5) is 11.5 Å². The third-order valence-corrected chi connectivity index (χ3v) is 4.69. The third kappa shape index (κ3) is 2.15. The minimum absolute atomic E-state index is 0.521. The number of aromatic nitrogens is 2. The molecule has 1 fully saturated rings. The lowest BCUT2D eigenvalue weighted by atomic mass is 9.91. The van der Waals surface area contributed by atoms with Crippen molar-refractivity contribution in [3.63, 3.8) is 0 Å². The summed E-state index contributed by atoms with van der Waals surface area (Å²) in [5.74, 6) is 1.74. The molecule has 2 aliphatic rings. The van der Waals surface area contributed by atoms with Crippen LogP contribution in [0.25, 0.3) is 11.3 Å². The van der Waals surface area contributed by atoms with Crippen molar-refractivity contribution < 1.29 is 0 Å². The fourth-order valence-electron chi connectivity index (χ4n) is 3.33. The van der Waals surface area contributed by atoms with E-state index in [4.69, 9.17) is 4.98 Å². The Bertz CT molecular complexity index is 682. The van der Waals surface area contributed by atoms with Crippen LogP contribution in [0.1, 0.15) is 19.0 Å². The molecule has 0 aliphatic carbocycles. The van der Waals surface area contributed by atoms with Crippen molar-refractivity contribution in [3.8, 4) is 11.3 Å². The molecule has 4 heterocycles. The van der Waals surface area contributed by atoms with Crippen LogP contribution in [0.3, 0.4) is 0 Å². The molecule has 2 aromatic rings. The highest BCUT2D eigenvalue weighted by Gasteiger charge is 2.32. The molecule has 0 saturated carbocycles. The average molecular weight is 280 g/mol. The van der Waals surface area contributed by atoms with Gasteiger partial charge in [0.1, 0.15) is 0 Å². The minimum atomic E-state index is 0.521. The molecule has 4 nitrogen and oxygen atoms in total. The number of nitrogens with one attached hydrogen (secondary N) is 1. The Hall–Kier alpha value is -2.10. The predicted octanol–water partition coefficient (Wildman–Crippen LogP) is 3.09. The van der Waals surface area contributed by atoms with Gasteiger partial charge < -0.3 is 10.2 Å². The summed E-state index contributed by atoms with van der Waals surface area (Å²) in [6, 6.07) is 8.95. The van der Waals surface area contributed by atoms with Gasteiger partial charge in [0, 0.05) is 36.6 Å². The highest BCUT2D eigenvalue weighted by molar-refractivity contribution is 5.74. The first-order chi connectivity index (χ1) is 10.2. The van der Waals surface area contributed by atoms with Gasteiger partial charge in [0.25, 0.3) is 0 Å². The Labute approximate surface area is 125 Å². The van der Waals surface area contributed by atoms with Crippen LogP contribution in [0.2, 0.25) is 0 Å². The molecule has 4 heteroatoms. The van der Waals surface area contributed by atoms with Crippen molar-refractivity contribution in [2.45, 2.75) is 26.3 Å². The Morgan fingerprint density at radius 2 is 2.19 bits per heavy atom. The average Bonchev–Trinajstić information content (AvgIpc) is 2.50. The largest absolute Gasteiger partial charge is 0.366 e. The first-order valence-electron chi connectivity index (χ1n) is 7.66. The number of anilines is 2. The summed E-state index contributed by atoms with van der Waals surface area (Å²) in [6.45, 7) is 6.58. The quantitative estimate of drug-likeness (QED) is 0.871. The zero-order valence-corrected chi connectivity index (χ0v) is 12.5. The van der Waals surface area contributed by atoms with Crippen molar-refractivity contribution in [1.29, 1.82) is 0 Å². The van der Waals surface area contributed by atoms with E-state index in [1.54, 1.807) is 0 Å². The van der Waals surface area contributed by atoms with Crippen molar-refractivity contribution >= 4 is 11.5 Å². The van der Waals surface area contributed by atoms with Gasteiger partial charge >= 0.3 is 0 Å². The van der Waals surface area contributed by atoms with E-state index >= 15 is 0 Å². The molecule has 2 aromatic heterocycles. The standard InChI is InChI=1S/C17H20N4/c1-11-6-8-21-10-15(11)20-17-16(21)4-3-14(19-17)13-5-7-18-12(2)9-13/h3-5,7,9,11,15H,6,8,10H2,1-2H3,(H,19,20)/t11?,15-/m1/s1. The van der Waals surface area contributed by atoms with Crippen molar-refractivity contribution in [3.05, 3.63) is 36.2 Å². The van der Waals surface area contributed by atoms with E-state index < -0.39 is 0 Å². The smallest absolute Gasteiger partial charge is 0.150 e. The molecule has 108 valence electrons. The maximum absolute atomic E-state index is 4.86. The van der Waals surface area contributed by atoms with Crippen LogP contribution in [-0.2, 0) is 0 Å². The first-order valence-corrected chi connectivity index (χ1v) is 7.66. The monoisotopic (exact) mass is 280 g/mol. The minimum Gasteiger partial charge on any atom is -0.366 e. The second-order valence-electron chi connectivity index (χ2n) is 6.21. The van der Waals surface area contributed by atoms with Crippen LogP contribution in [0, 0.1) is 12.8 Å². The Balaban J connectivity index is 1.75. The summed E-state index contributed by atoms with van der Waals surface area (Å²) in [4.78, 5) is 11.6. The number of fused-ring (bicyclic) bond motifs is 4. The van der Waals surface area contributed by atoms with E-state index in [2.05, 4.69) is 40.3 Å². The predicted molar refractivity (Wildman–Crippen MR) is 85.6 cm³/mol. The van der Waals surface area contributed by atoms with Crippen molar-refractivity contribution in [1.82, 2.24) is 9.97 Å². The summed E-state index contributed by atoms with van der Waals surface area (Å²) in [5, 5.41) is 3.63. The van der Waals surface area contributed by atoms with Gasteiger partial charge in [-0.1, -0.05) is 6.92 Å². The van der Waals surface area contributed by atoms with Crippen LogP contribution < -0.4 is 10.2 Å². The number of hydrogen-bond donors (Lipinski definition) is 1. The van der Waals surface area contributed by atoms with Gasteiger partial charge in [0.05, 0.1) is 11.4 Å². The van der Waals surface area contributed by atoms with Gasteiger partial charge in [-0.15, -0.1) is 0 Å². The lowest BCUT2D eigenvalue weighted by Crippen LogP contribution is -2.50. The van der Waals surface area contributed by atoms with E-state index in [0.29, 0.717) is 12.0 Å². The fourth-order valence-corrected chi connectivity index (χ4v) is 3.33. The van der Waals surface area contributed by atoms with Crippen LogP contribution in [-0.4, -0.2) is 29.1 Å². The number of nitrogens with zero attached hydrogens (tertiary/aromatic N) is 3. The zero-order valence-electron chi connectivity index (χ0n) is 12.5. The molecule has 2 bridgehead atoms. The number of aryl methyl sites for hydroxylation is 1. The maximum Gasteiger partial charge on any atom is 0.150 e. The summed E-state index contributed by atoms with van der Waals surface area (Å²) in [6.07, 6.45) is 3.10. The molecular weight excluding hydrogens is 260 g/mol. The Morgan fingerprint density at radius 3 is 3.05 bits per heavy atom. The summed E-state index contributed by atoms with van der Waals surface area (Å²) < 4.78 is 0. The third-order valence-electron chi connectivity index (χ3n) is 4.69. The molecule has 2 atom stereocenters. The molecule has 0 aromatic carbocycles. The molecule has 1 unspecified atom stereocenters. The molecule has 0 spiro atoms. The molecule has 2 aliphatic heterocycles. The highest BCUT2D eigenvalue weighted by Crippen LogP contribution is 2.36. The lowest BCUT2D eigenvalue weighted by molar-refractivity contribution is 0.390. The number of rotatable bonds is 1. The SMILES string of the molecule is Cc1cc(-c2ccc3c(n2)N[C@@H]2CN3CCC2C)ccn1. The van der Waals surface area contributed by atoms with Gasteiger partial charge in [-0.3, -0.25) is 4.98 Å². The second kappa shape index (κ2) is 4.72. The summed E-state index contributed by atoms with van der Waals surface area (Å²) in [5.41, 5.74) is 4.41. The first kappa shape index (κ1) is 12.6. The van der Waals surface area contributed by atoms with Gasteiger partial charge in [-0.2, -0.15) is 0 Å². The van der Waals surface area contributed by atoms with E-state index in [0.717, 1.165) is 35.9 Å². The van der Waals surface area contributed by atoms with E-state index in [9.17, 15) is 0 Å².